The highest BCUT2D eigenvalue weighted by molar-refractivity contribution is 6.07. The van der Waals surface area contributed by atoms with E-state index in [0.717, 1.165) is 42.7 Å². The first kappa shape index (κ1) is 36.5. The number of aryl methyl sites for hydroxylation is 1. The Hall–Kier alpha value is -5.30. The molecule has 0 aliphatic rings. The molecule has 0 radical (unpaired) electrons. The topological polar surface area (TPSA) is 155 Å². The van der Waals surface area contributed by atoms with Gasteiger partial charge in [0.2, 0.25) is 0 Å². The van der Waals surface area contributed by atoms with Gasteiger partial charge in [-0.25, -0.2) is 14.8 Å². The third-order valence-corrected chi connectivity index (χ3v) is 7.81. The number of fused-ring (bicyclic) bond motifs is 1. The molecule has 260 valence electrons. The van der Waals surface area contributed by atoms with Crippen molar-refractivity contribution in [1.29, 1.82) is 5.41 Å². The quantitative estimate of drug-likeness (QED) is 0.0583. The van der Waals surface area contributed by atoms with Crippen LogP contribution in [0.2, 0.25) is 0 Å². The minimum absolute atomic E-state index is 0.0295. The number of hydrogen-bond acceptors (Lipinski definition) is 10. The molecule has 0 aliphatic heterocycles. The van der Waals surface area contributed by atoms with Crippen LogP contribution in [0.3, 0.4) is 0 Å². The molecular weight excluding hydrogens is 624 g/mol. The lowest BCUT2D eigenvalue weighted by Crippen LogP contribution is -2.34. The van der Waals surface area contributed by atoms with Crippen LogP contribution in [-0.4, -0.2) is 83.6 Å². The number of benzene rings is 2. The van der Waals surface area contributed by atoms with Gasteiger partial charge in [-0.2, -0.15) is 0 Å². The first-order chi connectivity index (χ1) is 23.7. The summed E-state index contributed by atoms with van der Waals surface area (Å²) in [5.41, 5.74) is 3.29. The molecule has 0 saturated carbocycles. The number of alkyl carbamates (subject to hydrolysis) is 1. The highest BCUT2D eigenvalue weighted by Gasteiger charge is 2.22. The van der Waals surface area contributed by atoms with Crippen LogP contribution < -0.4 is 15.5 Å². The van der Waals surface area contributed by atoms with E-state index in [4.69, 9.17) is 19.9 Å². The van der Waals surface area contributed by atoms with Gasteiger partial charge in [0.25, 0.3) is 5.91 Å². The minimum Gasteiger partial charge on any atom is -0.464 e. The average Bonchev–Trinajstić information content (AvgIpc) is 3.41. The molecule has 49 heavy (non-hydrogen) atoms. The van der Waals surface area contributed by atoms with Crippen LogP contribution in [-0.2, 0) is 27.9 Å². The molecule has 0 spiro atoms. The Morgan fingerprint density at radius 1 is 0.918 bits per heavy atom. The number of anilines is 2. The molecule has 13 heteroatoms. The smallest absolute Gasteiger partial charge is 0.412 e. The van der Waals surface area contributed by atoms with E-state index in [1.54, 1.807) is 48.7 Å². The zero-order chi connectivity index (χ0) is 35.2. The first-order valence-corrected chi connectivity index (χ1v) is 16.5. The highest BCUT2D eigenvalue weighted by Crippen LogP contribution is 2.21. The number of rotatable bonds is 17. The Kier molecular flexibility index (Phi) is 13.6. The van der Waals surface area contributed by atoms with E-state index in [1.807, 2.05) is 48.8 Å². The fourth-order valence-electron chi connectivity index (χ4n) is 4.99. The van der Waals surface area contributed by atoms with Gasteiger partial charge in [0.15, 0.2) is 0 Å². The zero-order valence-corrected chi connectivity index (χ0v) is 28.7. The number of nitrogens with zero attached hydrogens (tertiary/aromatic N) is 5. The van der Waals surface area contributed by atoms with Crippen LogP contribution in [0.4, 0.5) is 16.3 Å². The number of amides is 2. The van der Waals surface area contributed by atoms with Crippen LogP contribution in [0.25, 0.3) is 11.0 Å². The molecule has 0 aliphatic carbocycles. The molecule has 2 aromatic heterocycles. The summed E-state index contributed by atoms with van der Waals surface area (Å²) in [5, 5.41) is 14.0. The Bertz CT molecular complexity index is 1710. The molecule has 0 fully saturated rings. The monoisotopic (exact) mass is 670 g/mol. The molecule has 4 rings (SSSR count). The Morgan fingerprint density at radius 3 is 2.41 bits per heavy atom. The predicted molar refractivity (Wildman–Crippen MR) is 190 cm³/mol. The van der Waals surface area contributed by atoms with Crippen molar-refractivity contribution in [1.82, 2.24) is 24.8 Å². The van der Waals surface area contributed by atoms with Gasteiger partial charge in [-0.1, -0.05) is 32.3 Å². The molecule has 0 bridgehead atoms. The molecule has 3 N–H and O–H groups in total. The first-order valence-electron chi connectivity index (χ1n) is 16.5. The molecule has 0 saturated heterocycles. The zero-order valence-electron chi connectivity index (χ0n) is 28.7. The third-order valence-electron chi connectivity index (χ3n) is 7.81. The van der Waals surface area contributed by atoms with Crippen molar-refractivity contribution in [2.45, 2.75) is 45.6 Å². The second-order valence-electron chi connectivity index (χ2n) is 11.8. The summed E-state index contributed by atoms with van der Waals surface area (Å²) in [6.07, 6.45) is 5.03. The van der Waals surface area contributed by atoms with Crippen molar-refractivity contribution in [2.24, 2.45) is 7.05 Å². The lowest BCUT2D eigenvalue weighted by atomic mass is 10.1. The number of carbonyl (C=O) groups is 3. The van der Waals surface area contributed by atoms with Gasteiger partial charge in [0.05, 0.1) is 30.6 Å². The maximum atomic E-state index is 13.8. The molecule has 2 heterocycles. The number of likely N-dealkylation sites (N-methyl/N-ethyl adjacent to an activating group) is 1. The summed E-state index contributed by atoms with van der Waals surface area (Å²) < 4.78 is 12.4. The van der Waals surface area contributed by atoms with Gasteiger partial charge in [0, 0.05) is 43.1 Å². The molecule has 13 nitrogen and oxygen atoms in total. The maximum absolute atomic E-state index is 13.8. The van der Waals surface area contributed by atoms with E-state index in [2.05, 4.69) is 22.5 Å². The van der Waals surface area contributed by atoms with Crippen LogP contribution in [0.1, 0.15) is 60.8 Å². The number of unbranched alkanes of at least 4 members (excludes halogenated alkanes) is 3. The minimum atomic E-state index is -0.629. The maximum Gasteiger partial charge on any atom is 0.412 e. The van der Waals surface area contributed by atoms with Crippen molar-refractivity contribution >= 4 is 46.3 Å². The Morgan fingerprint density at radius 2 is 1.69 bits per heavy atom. The van der Waals surface area contributed by atoms with Crippen LogP contribution in [0, 0.1) is 5.41 Å². The number of esters is 1. The molecule has 2 amide bonds. The van der Waals surface area contributed by atoms with E-state index in [-0.39, 0.29) is 37.3 Å². The molecule has 0 atom stereocenters. The number of ether oxygens (including phenoxy) is 2. The SMILES string of the molecule is CCCCCCOC(=O)NC(=N)c1ccc(NCc2nc3cc(C(=O)N(CCC(=O)OCCN(C)C)c4ccccn4)ccc3n2C)cc1. The normalized spacial score (nSPS) is 11.0. The lowest BCUT2D eigenvalue weighted by Gasteiger charge is -2.21. The van der Waals surface area contributed by atoms with Gasteiger partial charge in [0.1, 0.15) is 24.1 Å². The Labute approximate surface area is 287 Å². The van der Waals surface area contributed by atoms with Crippen molar-refractivity contribution in [2.75, 3.05) is 50.6 Å². The second-order valence-corrected chi connectivity index (χ2v) is 11.8. The van der Waals surface area contributed by atoms with Crippen LogP contribution in [0.5, 0.6) is 0 Å². The van der Waals surface area contributed by atoms with Gasteiger partial charge < -0.3 is 24.3 Å². The lowest BCUT2D eigenvalue weighted by molar-refractivity contribution is -0.143. The van der Waals surface area contributed by atoms with Crippen molar-refractivity contribution in [3.8, 4) is 0 Å². The summed E-state index contributed by atoms with van der Waals surface area (Å²) in [7, 11) is 5.71. The second kappa shape index (κ2) is 18.3. The predicted octanol–water partition coefficient (Wildman–Crippen LogP) is 5.35. The van der Waals surface area contributed by atoms with Gasteiger partial charge >= 0.3 is 12.1 Å². The number of aromatic nitrogens is 3. The molecule has 0 unspecified atom stereocenters. The fourth-order valence-corrected chi connectivity index (χ4v) is 4.99. The number of imidazole rings is 1. The van der Waals surface area contributed by atoms with Gasteiger partial charge in [-0.05, 0) is 75.1 Å². The summed E-state index contributed by atoms with van der Waals surface area (Å²) in [4.78, 5) is 50.7. The molecular formula is C36H46N8O5. The summed E-state index contributed by atoms with van der Waals surface area (Å²) >= 11 is 0. The number of amidine groups is 1. The number of nitrogens with one attached hydrogen (secondary N) is 3. The summed E-state index contributed by atoms with van der Waals surface area (Å²) in [6.45, 7) is 3.87. The average molecular weight is 671 g/mol. The van der Waals surface area contributed by atoms with E-state index in [9.17, 15) is 14.4 Å². The van der Waals surface area contributed by atoms with Crippen LogP contribution >= 0.6 is 0 Å². The van der Waals surface area contributed by atoms with E-state index < -0.39 is 6.09 Å². The number of hydrogen-bond donors (Lipinski definition) is 3. The fraction of sp³-hybridized carbons (Fsp3) is 0.389. The van der Waals surface area contributed by atoms with E-state index in [0.29, 0.717) is 42.2 Å². The Balaban J connectivity index is 1.37. The van der Waals surface area contributed by atoms with Crippen LogP contribution in [0.15, 0.2) is 66.9 Å². The highest BCUT2D eigenvalue weighted by atomic mass is 16.5. The van der Waals surface area contributed by atoms with E-state index >= 15 is 0 Å². The number of pyridine rings is 1. The summed E-state index contributed by atoms with van der Waals surface area (Å²) in [5.74, 6) is 0.474. The molecule has 4 aromatic rings. The van der Waals surface area contributed by atoms with Crippen molar-refractivity contribution in [3.63, 3.8) is 0 Å². The summed E-state index contributed by atoms with van der Waals surface area (Å²) in [6, 6.07) is 17.8. The largest absolute Gasteiger partial charge is 0.464 e. The van der Waals surface area contributed by atoms with Gasteiger partial charge in [-0.15, -0.1) is 0 Å². The number of carbonyl (C=O) groups excluding carboxylic acids is 3. The molecule has 2 aromatic carbocycles. The van der Waals surface area contributed by atoms with Crippen molar-refractivity contribution < 1.29 is 23.9 Å². The van der Waals surface area contributed by atoms with Crippen molar-refractivity contribution in [3.05, 3.63) is 83.8 Å². The third kappa shape index (κ3) is 10.9. The van der Waals surface area contributed by atoms with E-state index in [1.165, 1.54) is 4.90 Å². The van der Waals surface area contributed by atoms with Gasteiger partial charge in [-0.3, -0.25) is 25.2 Å². The standard InChI is InChI=1S/C36H46N8O5/c1-5-6-7-10-22-49-36(47)41-34(37)26-12-15-28(16-13-26)39-25-32-40-29-24-27(14-17-30(29)43(32)4)35(46)44(31-11-8-9-19-38-31)20-18-33(45)48-23-21-42(2)3/h8-9,11-17,19,24,39H,5-7,10,18,20-23,25H2,1-4H3,(H2,37,41,47).